The van der Waals surface area contributed by atoms with Crippen LogP contribution in [0.3, 0.4) is 0 Å². The summed E-state index contributed by atoms with van der Waals surface area (Å²) < 4.78 is 26.4. The molecule has 1 aliphatic heterocycles. The second kappa shape index (κ2) is 4.26. The van der Waals surface area contributed by atoms with E-state index in [1.54, 1.807) is 0 Å². The molecule has 0 radical (unpaired) electrons. The predicted molar refractivity (Wildman–Crippen MR) is 61.7 cm³/mol. The number of hydrogen-bond acceptors (Lipinski definition) is 2. The number of hydrogen-bond donors (Lipinski definition) is 1. The van der Waals surface area contributed by atoms with Crippen molar-refractivity contribution in [3.05, 3.63) is 29.3 Å². The highest BCUT2D eigenvalue weighted by molar-refractivity contribution is 5.30. The molecule has 0 unspecified atom stereocenters. The van der Waals surface area contributed by atoms with Gasteiger partial charge in [-0.1, -0.05) is 0 Å². The molecule has 1 fully saturated rings. The lowest BCUT2D eigenvalue weighted by Gasteiger charge is -2.31. The van der Waals surface area contributed by atoms with Gasteiger partial charge in [0.05, 0.1) is 0 Å². The summed E-state index contributed by atoms with van der Waals surface area (Å²) in [4.78, 5) is 2.21. The molecule has 4 heteroatoms. The molecule has 1 aromatic rings. The van der Waals surface area contributed by atoms with Gasteiger partial charge in [0.25, 0.3) is 0 Å². The molecule has 0 aromatic heterocycles. The molecular weight excluding hydrogens is 224 g/mol. The second-order valence-electron chi connectivity index (χ2n) is 5.25. The van der Waals surface area contributed by atoms with Gasteiger partial charge in [-0.15, -0.1) is 0 Å². The summed E-state index contributed by atoms with van der Waals surface area (Å²) in [6, 6.07) is 2.40. The van der Waals surface area contributed by atoms with Crippen molar-refractivity contribution < 1.29 is 13.9 Å². The molecule has 1 saturated heterocycles. The Balaban J connectivity index is 2.19. The van der Waals surface area contributed by atoms with Crippen LogP contribution in [0.1, 0.15) is 32.3 Å². The van der Waals surface area contributed by atoms with Gasteiger partial charge in [0.1, 0.15) is 0 Å². The van der Waals surface area contributed by atoms with Gasteiger partial charge >= 0.3 is 0 Å². The predicted octanol–water partition coefficient (Wildman–Crippen LogP) is 3.04. The van der Waals surface area contributed by atoms with Crippen molar-refractivity contribution in [2.45, 2.75) is 38.8 Å². The number of aromatic hydroxyl groups is 1. The third kappa shape index (κ3) is 2.41. The van der Waals surface area contributed by atoms with Gasteiger partial charge < -0.3 is 5.11 Å². The fraction of sp³-hybridized carbons (Fsp3) is 0.538. The van der Waals surface area contributed by atoms with E-state index in [-0.39, 0.29) is 5.54 Å². The van der Waals surface area contributed by atoms with Crippen molar-refractivity contribution in [1.82, 2.24) is 4.90 Å². The Kier molecular flexibility index (Phi) is 3.08. The zero-order valence-electron chi connectivity index (χ0n) is 10.1. The lowest BCUT2D eigenvalue weighted by molar-refractivity contribution is 0.166. The van der Waals surface area contributed by atoms with E-state index >= 15 is 0 Å². The Labute approximate surface area is 99.9 Å². The van der Waals surface area contributed by atoms with E-state index in [0.717, 1.165) is 19.4 Å². The summed E-state index contributed by atoms with van der Waals surface area (Å²) in [6.07, 6.45) is 2.20. The van der Waals surface area contributed by atoms with Crippen LogP contribution >= 0.6 is 0 Å². The van der Waals surface area contributed by atoms with Crippen LogP contribution in [0.25, 0.3) is 0 Å². The van der Waals surface area contributed by atoms with Gasteiger partial charge in [0, 0.05) is 12.1 Å². The molecular formula is C13H17F2NO. The monoisotopic (exact) mass is 241 g/mol. The quantitative estimate of drug-likeness (QED) is 0.860. The molecule has 0 spiro atoms. The second-order valence-corrected chi connectivity index (χ2v) is 5.25. The minimum absolute atomic E-state index is 0.0742. The summed E-state index contributed by atoms with van der Waals surface area (Å²) in [5.74, 6) is -2.68. The average Bonchev–Trinajstić information content (AvgIpc) is 2.55. The first-order chi connectivity index (χ1) is 7.90. The number of rotatable bonds is 2. The van der Waals surface area contributed by atoms with Crippen molar-refractivity contribution in [1.29, 1.82) is 0 Å². The maximum atomic E-state index is 13.2. The standard InChI is InChI=1S/C13H17F2NO/c1-13(2)4-3-5-16(13)8-9-6-10(14)12(17)11(15)7-9/h6-7,17H,3-5,8H2,1-2H3. The Morgan fingerprint density at radius 1 is 1.29 bits per heavy atom. The van der Waals surface area contributed by atoms with Crippen LogP contribution < -0.4 is 0 Å². The van der Waals surface area contributed by atoms with Crippen LogP contribution in [0.2, 0.25) is 0 Å². The first-order valence-electron chi connectivity index (χ1n) is 5.82. The normalized spacial score (nSPS) is 19.8. The Hall–Kier alpha value is -1.16. The van der Waals surface area contributed by atoms with Crippen LogP contribution in [0.4, 0.5) is 8.78 Å². The van der Waals surface area contributed by atoms with Crippen molar-refractivity contribution in [2.75, 3.05) is 6.54 Å². The number of halogens is 2. The highest BCUT2D eigenvalue weighted by Gasteiger charge is 2.31. The molecule has 0 amide bonds. The molecule has 0 aliphatic carbocycles. The van der Waals surface area contributed by atoms with Crippen molar-refractivity contribution >= 4 is 0 Å². The molecule has 94 valence electrons. The van der Waals surface area contributed by atoms with Crippen LogP contribution in [-0.2, 0) is 6.54 Å². The van der Waals surface area contributed by atoms with Gasteiger partial charge in [0.2, 0.25) is 0 Å². The first kappa shape index (κ1) is 12.3. The molecule has 1 N–H and O–H groups in total. The summed E-state index contributed by atoms with van der Waals surface area (Å²) in [5.41, 5.74) is 0.637. The largest absolute Gasteiger partial charge is 0.503 e. The molecule has 1 aliphatic rings. The van der Waals surface area contributed by atoms with E-state index in [1.165, 1.54) is 12.1 Å². The van der Waals surface area contributed by atoms with E-state index in [4.69, 9.17) is 5.11 Å². The maximum absolute atomic E-state index is 13.2. The van der Waals surface area contributed by atoms with Crippen LogP contribution in [0, 0.1) is 11.6 Å². The highest BCUT2D eigenvalue weighted by Crippen LogP contribution is 2.30. The first-order valence-corrected chi connectivity index (χ1v) is 5.82. The van der Waals surface area contributed by atoms with E-state index < -0.39 is 17.4 Å². The molecule has 0 saturated carbocycles. The van der Waals surface area contributed by atoms with E-state index in [9.17, 15) is 8.78 Å². The average molecular weight is 241 g/mol. The summed E-state index contributed by atoms with van der Waals surface area (Å²) in [6.45, 7) is 5.72. The Bertz CT molecular complexity index is 408. The third-order valence-corrected chi connectivity index (χ3v) is 3.52. The summed E-state index contributed by atoms with van der Waals surface area (Å²) >= 11 is 0. The number of likely N-dealkylation sites (tertiary alicyclic amines) is 1. The third-order valence-electron chi connectivity index (χ3n) is 3.52. The van der Waals surface area contributed by atoms with E-state index in [1.807, 2.05) is 0 Å². The zero-order chi connectivity index (χ0) is 12.6. The molecule has 2 nitrogen and oxygen atoms in total. The van der Waals surface area contributed by atoms with Gasteiger partial charge in [-0.3, -0.25) is 4.90 Å². The number of nitrogens with zero attached hydrogens (tertiary/aromatic N) is 1. The highest BCUT2D eigenvalue weighted by atomic mass is 19.1. The molecule has 2 rings (SSSR count). The fourth-order valence-electron chi connectivity index (χ4n) is 2.39. The minimum Gasteiger partial charge on any atom is -0.503 e. The maximum Gasteiger partial charge on any atom is 0.187 e. The van der Waals surface area contributed by atoms with Gasteiger partial charge in [0.15, 0.2) is 17.4 Å². The molecule has 17 heavy (non-hydrogen) atoms. The molecule has 1 aromatic carbocycles. The molecule has 0 atom stereocenters. The minimum atomic E-state index is -0.894. The van der Waals surface area contributed by atoms with Crippen molar-refractivity contribution in [3.63, 3.8) is 0 Å². The topological polar surface area (TPSA) is 23.5 Å². The Morgan fingerprint density at radius 3 is 2.35 bits per heavy atom. The van der Waals surface area contributed by atoms with Crippen LogP contribution in [-0.4, -0.2) is 22.1 Å². The summed E-state index contributed by atoms with van der Waals surface area (Å²) in [5, 5.41) is 9.03. The number of benzene rings is 1. The van der Waals surface area contributed by atoms with Gasteiger partial charge in [-0.25, -0.2) is 8.78 Å². The zero-order valence-corrected chi connectivity index (χ0v) is 10.1. The number of phenolic OH excluding ortho intramolecular Hbond substituents is 1. The lowest BCUT2D eigenvalue weighted by Crippen LogP contribution is -2.37. The fourth-order valence-corrected chi connectivity index (χ4v) is 2.39. The lowest BCUT2D eigenvalue weighted by atomic mass is 10.0. The van der Waals surface area contributed by atoms with Crippen LogP contribution in [0.5, 0.6) is 5.75 Å². The van der Waals surface area contributed by atoms with E-state index in [0.29, 0.717) is 12.1 Å². The van der Waals surface area contributed by atoms with Crippen LogP contribution in [0.15, 0.2) is 12.1 Å². The summed E-state index contributed by atoms with van der Waals surface area (Å²) in [7, 11) is 0. The van der Waals surface area contributed by atoms with Gasteiger partial charge in [-0.2, -0.15) is 0 Å². The smallest absolute Gasteiger partial charge is 0.187 e. The SMILES string of the molecule is CC1(C)CCCN1Cc1cc(F)c(O)c(F)c1. The van der Waals surface area contributed by atoms with Crippen molar-refractivity contribution in [3.8, 4) is 5.75 Å². The number of phenols is 1. The Morgan fingerprint density at radius 2 is 1.88 bits per heavy atom. The molecule has 0 bridgehead atoms. The van der Waals surface area contributed by atoms with Gasteiger partial charge in [-0.05, 0) is 50.9 Å². The van der Waals surface area contributed by atoms with E-state index in [2.05, 4.69) is 18.7 Å². The molecule has 1 heterocycles. The van der Waals surface area contributed by atoms with Crippen molar-refractivity contribution in [2.24, 2.45) is 0 Å².